The van der Waals surface area contributed by atoms with Crippen molar-refractivity contribution in [2.24, 2.45) is 0 Å². The predicted molar refractivity (Wildman–Crippen MR) is 74.2 cm³/mol. The van der Waals surface area contributed by atoms with Crippen LogP contribution < -0.4 is 10.9 Å². The van der Waals surface area contributed by atoms with Gasteiger partial charge in [-0.25, -0.2) is 18.7 Å². The van der Waals surface area contributed by atoms with Crippen molar-refractivity contribution in [1.29, 1.82) is 0 Å². The summed E-state index contributed by atoms with van der Waals surface area (Å²) in [6, 6.07) is 1.28. The molecule has 0 radical (unpaired) electrons. The van der Waals surface area contributed by atoms with Gasteiger partial charge in [-0.15, -0.1) is 0 Å². The van der Waals surface area contributed by atoms with E-state index in [9.17, 15) is 13.6 Å². The van der Waals surface area contributed by atoms with Crippen LogP contribution in [0.15, 0.2) is 15.3 Å². The first kappa shape index (κ1) is 13.4. The number of hydrogen-bond donors (Lipinski definition) is 2. The second-order valence-corrected chi connectivity index (χ2v) is 5.80. The van der Waals surface area contributed by atoms with Gasteiger partial charge in [0.2, 0.25) is 0 Å². The van der Waals surface area contributed by atoms with Crippen molar-refractivity contribution >= 4 is 32.8 Å². The third-order valence-corrected chi connectivity index (χ3v) is 3.80. The van der Waals surface area contributed by atoms with E-state index in [0.29, 0.717) is 27.1 Å². The molecule has 20 heavy (non-hydrogen) atoms. The van der Waals surface area contributed by atoms with Crippen molar-refractivity contribution in [3.05, 3.63) is 26.7 Å². The number of rotatable bonds is 2. The number of fused-ring (bicyclic) bond motifs is 1. The zero-order valence-corrected chi connectivity index (χ0v) is 12.1. The fourth-order valence-corrected chi connectivity index (χ4v) is 2.64. The minimum Gasteiger partial charge on any atom is -0.366 e. The summed E-state index contributed by atoms with van der Waals surface area (Å²) in [5.41, 5.74) is 0.0189. The number of aryl methyl sites for hydroxylation is 1. The van der Waals surface area contributed by atoms with Gasteiger partial charge < -0.3 is 10.3 Å². The Morgan fingerprint density at radius 2 is 2.15 bits per heavy atom. The largest absolute Gasteiger partial charge is 0.366 e. The molecule has 0 atom stereocenters. The minimum absolute atomic E-state index is 0.207. The lowest BCUT2D eigenvalue weighted by molar-refractivity contribution is -0.0794. The van der Waals surface area contributed by atoms with Crippen molar-refractivity contribution in [3.63, 3.8) is 0 Å². The molecule has 1 aliphatic rings. The molecule has 1 fully saturated rings. The maximum atomic E-state index is 12.8. The lowest BCUT2D eigenvalue weighted by Crippen LogP contribution is -2.44. The number of aromatic amines is 1. The molecule has 2 aromatic heterocycles. The van der Waals surface area contributed by atoms with Gasteiger partial charge in [-0.05, 0) is 28.9 Å². The van der Waals surface area contributed by atoms with Gasteiger partial charge in [0, 0.05) is 18.9 Å². The van der Waals surface area contributed by atoms with Crippen LogP contribution in [0.5, 0.6) is 0 Å². The molecule has 2 aromatic rings. The predicted octanol–water partition coefficient (Wildman–Crippen LogP) is 2.60. The van der Waals surface area contributed by atoms with E-state index < -0.39 is 5.92 Å². The average Bonchev–Trinajstić information content (AvgIpc) is 2.29. The number of anilines is 1. The van der Waals surface area contributed by atoms with Gasteiger partial charge in [0.1, 0.15) is 11.6 Å². The van der Waals surface area contributed by atoms with Crippen molar-refractivity contribution in [3.8, 4) is 0 Å². The van der Waals surface area contributed by atoms with Gasteiger partial charge in [0.25, 0.3) is 11.5 Å². The lowest BCUT2D eigenvalue weighted by Gasteiger charge is -2.35. The van der Waals surface area contributed by atoms with Crippen LogP contribution in [0.4, 0.5) is 14.6 Å². The quantitative estimate of drug-likeness (QED) is 0.878. The van der Waals surface area contributed by atoms with Crippen LogP contribution in [0.2, 0.25) is 0 Å². The normalized spacial score (nSPS) is 18.0. The van der Waals surface area contributed by atoms with Gasteiger partial charge in [0.15, 0.2) is 5.65 Å². The SMILES string of the molecule is Cc1nc2nc(NC3CC(F)(F)C3)c(Br)cc2c(=O)[nH]1. The number of alkyl halides is 2. The van der Waals surface area contributed by atoms with Crippen LogP contribution in [0.3, 0.4) is 0 Å². The number of nitrogens with zero attached hydrogens (tertiary/aromatic N) is 2. The summed E-state index contributed by atoms with van der Waals surface area (Å²) in [7, 11) is 0. The molecule has 0 amide bonds. The third kappa shape index (κ3) is 2.39. The summed E-state index contributed by atoms with van der Waals surface area (Å²) >= 11 is 3.29. The Morgan fingerprint density at radius 1 is 1.45 bits per heavy atom. The number of hydrogen-bond acceptors (Lipinski definition) is 4. The van der Waals surface area contributed by atoms with E-state index in [-0.39, 0.29) is 24.4 Å². The number of aromatic nitrogens is 3. The van der Waals surface area contributed by atoms with Gasteiger partial charge in [-0.2, -0.15) is 0 Å². The van der Waals surface area contributed by atoms with Gasteiger partial charge >= 0.3 is 0 Å². The molecule has 3 rings (SSSR count). The molecular formula is C12H11BrF2N4O. The Balaban J connectivity index is 1.96. The Bertz CT molecular complexity index is 738. The summed E-state index contributed by atoms with van der Waals surface area (Å²) in [5.74, 6) is -1.71. The highest BCUT2D eigenvalue weighted by molar-refractivity contribution is 9.10. The highest BCUT2D eigenvalue weighted by Crippen LogP contribution is 2.39. The first-order chi connectivity index (χ1) is 9.34. The summed E-state index contributed by atoms with van der Waals surface area (Å²) in [6.07, 6.45) is -0.415. The lowest BCUT2D eigenvalue weighted by atomic mass is 9.88. The summed E-state index contributed by atoms with van der Waals surface area (Å²) < 4.78 is 26.2. The molecule has 0 saturated heterocycles. The Morgan fingerprint density at radius 3 is 2.80 bits per heavy atom. The molecule has 0 spiro atoms. The summed E-state index contributed by atoms with van der Waals surface area (Å²) in [6.45, 7) is 1.66. The highest BCUT2D eigenvalue weighted by Gasteiger charge is 2.45. The minimum atomic E-state index is -2.59. The monoisotopic (exact) mass is 344 g/mol. The Hall–Kier alpha value is -1.57. The number of pyridine rings is 1. The van der Waals surface area contributed by atoms with Crippen molar-refractivity contribution in [2.45, 2.75) is 31.7 Å². The van der Waals surface area contributed by atoms with Crippen LogP contribution in [0, 0.1) is 6.92 Å². The fourth-order valence-electron chi connectivity index (χ4n) is 2.21. The van der Waals surface area contributed by atoms with Crippen molar-refractivity contribution < 1.29 is 8.78 Å². The van der Waals surface area contributed by atoms with Crippen LogP contribution in [-0.4, -0.2) is 26.9 Å². The standard InChI is InChI=1S/C12H11BrF2N4O/c1-5-16-9-7(11(20)17-5)2-8(13)10(19-9)18-6-3-12(14,15)4-6/h2,6H,3-4H2,1H3,(H2,16,17,18,19,20). The van der Waals surface area contributed by atoms with Crippen LogP contribution >= 0.6 is 15.9 Å². The van der Waals surface area contributed by atoms with E-state index in [1.807, 2.05) is 0 Å². The number of halogens is 3. The van der Waals surface area contributed by atoms with E-state index >= 15 is 0 Å². The number of H-pyrrole nitrogens is 1. The molecule has 2 N–H and O–H groups in total. The topological polar surface area (TPSA) is 70.7 Å². The van der Waals surface area contributed by atoms with E-state index in [1.54, 1.807) is 13.0 Å². The number of nitrogens with one attached hydrogen (secondary N) is 2. The smallest absolute Gasteiger partial charge is 0.260 e. The molecule has 1 aliphatic carbocycles. The van der Waals surface area contributed by atoms with E-state index in [1.165, 1.54) is 0 Å². The highest BCUT2D eigenvalue weighted by atomic mass is 79.9. The zero-order chi connectivity index (χ0) is 14.5. The zero-order valence-electron chi connectivity index (χ0n) is 10.5. The first-order valence-electron chi connectivity index (χ1n) is 6.06. The second kappa shape index (κ2) is 4.47. The molecule has 106 valence electrons. The summed E-state index contributed by atoms with van der Waals surface area (Å²) in [5, 5.41) is 3.30. The fraction of sp³-hybridized carbons (Fsp3) is 0.417. The molecule has 8 heteroatoms. The van der Waals surface area contributed by atoms with Crippen molar-refractivity contribution in [2.75, 3.05) is 5.32 Å². The van der Waals surface area contributed by atoms with Crippen molar-refractivity contribution in [1.82, 2.24) is 15.0 Å². The van der Waals surface area contributed by atoms with Crippen LogP contribution in [-0.2, 0) is 0 Å². The Labute approximate surface area is 121 Å². The molecule has 0 aliphatic heterocycles. The summed E-state index contributed by atoms with van der Waals surface area (Å²) in [4.78, 5) is 22.7. The van der Waals surface area contributed by atoms with Crippen LogP contribution in [0.25, 0.3) is 11.0 Å². The molecule has 2 heterocycles. The van der Waals surface area contributed by atoms with Gasteiger partial charge in [0.05, 0.1) is 9.86 Å². The molecule has 0 bridgehead atoms. The van der Waals surface area contributed by atoms with Gasteiger partial charge in [-0.1, -0.05) is 0 Å². The maximum Gasteiger partial charge on any atom is 0.260 e. The second-order valence-electron chi connectivity index (χ2n) is 4.95. The Kier molecular flexibility index (Phi) is 3.00. The molecule has 0 aromatic carbocycles. The van der Waals surface area contributed by atoms with E-state index in [4.69, 9.17) is 0 Å². The molecule has 5 nitrogen and oxygen atoms in total. The molecule has 1 saturated carbocycles. The maximum absolute atomic E-state index is 12.8. The van der Waals surface area contributed by atoms with E-state index in [2.05, 4.69) is 36.2 Å². The van der Waals surface area contributed by atoms with Crippen LogP contribution in [0.1, 0.15) is 18.7 Å². The molecule has 0 unspecified atom stereocenters. The average molecular weight is 345 g/mol. The first-order valence-corrected chi connectivity index (χ1v) is 6.85. The third-order valence-electron chi connectivity index (χ3n) is 3.20. The van der Waals surface area contributed by atoms with E-state index in [0.717, 1.165) is 0 Å². The van der Waals surface area contributed by atoms with Gasteiger partial charge in [-0.3, -0.25) is 4.79 Å². The molecular weight excluding hydrogens is 334 g/mol.